The Kier molecular flexibility index (Phi) is 7.82. The summed E-state index contributed by atoms with van der Waals surface area (Å²) in [5, 5.41) is 3.58. The Labute approximate surface area is 204 Å². The molecule has 0 spiro atoms. The summed E-state index contributed by atoms with van der Waals surface area (Å²) in [5.41, 5.74) is 3.08. The second-order valence-corrected chi connectivity index (χ2v) is 10.2. The first-order chi connectivity index (χ1) is 16.8. The van der Waals surface area contributed by atoms with Crippen LogP contribution in [0.1, 0.15) is 61.7 Å². The lowest BCUT2D eigenvalue weighted by atomic mass is 10.0. The molecule has 1 amide bonds. The minimum atomic E-state index is 0.185. The van der Waals surface area contributed by atoms with E-state index in [1.165, 1.54) is 45.2 Å². The van der Waals surface area contributed by atoms with E-state index in [1.54, 1.807) is 0 Å². The zero-order chi connectivity index (χ0) is 23.2. The molecule has 1 N–H and O–H groups in total. The van der Waals surface area contributed by atoms with Crippen molar-refractivity contribution in [2.24, 2.45) is 0 Å². The predicted octanol–water partition coefficient (Wildman–Crippen LogP) is 4.97. The summed E-state index contributed by atoms with van der Waals surface area (Å²) in [4.78, 5) is 17.9. The van der Waals surface area contributed by atoms with Crippen molar-refractivity contribution in [3.05, 3.63) is 54.1 Å². The molecular weight excluding hydrogens is 422 g/mol. The van der Waals surface area contributed by atoms with Crippen LogP contribution in [-0.4, -0.2) is 67.1 Å². The number of carbonyl (C=O) groups excluding carboxylic acids is 1. The highest BCUT2D eigenvalue weighted by atomic mass is 16.5. The molecule has 5 heteroatoms. The van der Waals surface area contributed by atoms with Crippen LogP contribution in [0.5, 0.6) is 5.75 Å². The summed E-state index contributed by atoms with van der Waals surface area (Å²) in [5.74, 6) is 1.11. The van der Waals surface area contributed by atoms with E-state index in [0.29, 0.717) is 12.1 Å². The third kappa shape index (κ3) is 5.81. The number of hydrogen-bond donors (Lipinski definition) is 1. The van der Waals surface area contributed by atoms with E-state index in [9.17, 15) is 4.79 Å². The summed E-state index contributed by atoms with van der Waals surface area (Å²) in [6.07, 6.45) is 9.80. The van der Waals surface area contributed by atoms with E-state index in [1.807, 2.05) is 12.1 Å². The van der Waals surface area contributed by atoms with Crippen molar-refractivity contribution in [2.75, 3.05) is 39.3 Å². The molecule has 0 radical (unpaired) electrons. The van der Waals surface area contributed by atoms with Crippen molar-refractivity contribution in [2.45, 2.75) is 63.5 Å². The molecule has 3 heterocycles. The molecule has 2 aromatic carbocycles. The average molecular weight is 462 g/mol. The smallest absolute Gasteiger partial charge is 0.254 e. The SMILES string of the molecule is O=C(c1ccc(-c2ccc(OCCC3CCCCN3)cc2)cc1)N1CCCC1CN1CCCC1. The van der Waals surface area contributed by atoms with E-state index in [-0.39, 0.29) is 5.91 Å². The van der Waals surface area contributed by atoms with Crippen molar-refractivity contribution in [3.8, 4) is 16.9 Å². The zero-order valence-electron chi connectivity index (χ0n) is 20.4. The van der Waals surface area contributed by atoms with Gasteiger partial charge >= 0.3 is 0 Å². The Bertz CT molecular complexity index is 915. The Morgan fingerprint density at radius 2 is 1.59 bits per heavy atom. The first kappa shape index (κ1) is 23.4. The van der Waals surface area contributed by atoms with E-state index in [2.05, 4.69) is 51.5 Å². The van der Waals surface area contributed by atoms with Gasteiger partial charge in [0.1, 0.15) is 5.75 Å². The fourth-order valence-corrected chi connectivity index (χ4v) is 5.76. The van der Waals surface area contributed by atoms with Crippen LogP contribution in [0.4, 0.5) is 0 Å². The van der Waals surface area contributed by atoms with Crippen LogP contribution in [0.25, 0.3) is 11.1 Å². The molecular formula is C29H39N3O2. The van der Waals surface area contributed by atoms with Crippen molar-refractivity contribution in [1.29, 1.82) is 0 Å². The maximum Gasteiger partial charge on any atom is 0.254 e. The van der Waals surface area contributed by atoms with Crippen molar-refractivity contribution in [1.82, 2.24) is 15.1 Å². The van der Waals surface area contributed by atoms with E-state index in [4.69, 9.17) is 4.74 Å². The fourth-order valence-electron chi connectivity index (χ4n) is 5.76. The number of ether oxygens (including phenoxy) is 1. The topological polar surface area (TPSA) is 44.8 Å². The summed E-state index contributed by atoms with van der Waals surface area (Å²) in [6.45, 7) is 6.19. The maximum atomic E-state index is 13.2. The van der Waals surface area contributed by atoms with E-state index < -0.39 is 0 Å². The van der Waals surface area contributed by atoms with Crippen molar-refractivity contribution < 1.29 is 9.53 Å². The molecule has 3 aliphatic heterocycles. The van der Waals surface area contributed by atoms with Gasteiger partial charge in [0, 0.05) is 30.7 Å². The number of likely N-dealkylation sites (tertiary alicyclic amines) is 2. The van der Waals surface area contributed by atoms with Gasteiger partial charge < -0.3 is 19.9 Å². The molecule has 2 unspecified atom stereocenters. The lowest BCUT2D eigenvalue weighted by Gasteiger charge is -2.28. The highest BCUT2D eigenvalue weighted by Gasteiger charge is 2.31. The van der Waals surface area contributed by atoms with Gasteiger partial charge in [-0.3, -0.25) is 4.79 Å². The van der Waals surface area contributed by atoms with Crippen LogP contribution in [0, 0.1) is 0 Å². The summed E-state index contributed by atoms with van der Waals surface area (Å²) >= 11 is 0. The van der Waals surface area contributed by atoms with Gasteiger partial charge in [0.25, 0.3) is 5.91 Å². The predicted molar refractivity (Wildman–Crippen MR) is 137 cm³/mol. The molecule has 0 bridgehead atoms. The molecule has 2 atom stereocenters. The molecule has 3 fully saturated rings. The van der Waals surface area contributed by atoms with Gasteiger partial charge in [0.2, 0.25) is 0 Å². The van der Waals surface area contributed by atoms with Gasteiger partial charge in [-0.1, -0.05) is 30.7 Å². The molecule has 182 valence electrons. The van der Waals surface area contributed by atoms with Crippen LogP contribution < -0.4 is 10.1 Å². The monoisotopic (exact) mass is 461 g/mol. The van der Waals surface area contributed by atoms with E-state index in [0.717, 1.165) is 67.9 Å². The van der Waals surface area contributed by atoms with Crippen molar-refractivity contribution in [3.63, 3.8) is 0 Å². The Morgan fingerprint density at radius 1 is 0.853 bits per heavy atom. The lowest BCUT2D eigenvalue weighted by molar-refractivity contribution is 0.0709. The number of carbonyl (C=O) groups is 1. The second-order valence-electron chi connectivity index (χ2n) is 10.2. The molecule has 0 saturated carbocycles. The van der Waals surface area contributed by atoms with E-state index >= 15 is 0 Å². The summed E-state index contributed by atoms with van der Waals surface area (Å²) < 4.78 is 5.97. The Balaban J connectivity index is 1.14. The third-order valence-corrected chi connectivity index (χ3v) is 7.77. The molecule has 34 heavy (non-hydrogen) atoms. The quantitative estimate of drug-likeness (QED) is 0.603. The standard InChI is InChI=1S/C29H39N3O2/c33-29(32-20-5-7-27(32)22-31-18-3-4-19-31)25-10-8-23(9-11-25)24-12-14-28(15-13-24)34-21-16-26-6-1-2-17-30-26/h8-15,26-27,30H,1-7,16-22H2. The number of amides is 1. The minimum Gasteiger partial charge on any atom is -0.494 e. The highest BCUT2D eigenvalue weighted by Crippen LogP contribution is 2.26. The number of nitrogens with zero attached hydrogens (tertiary/aromatic N) is 2. The number of benzene rings is 2. The summed E-state index contributed by atoms with van der Waals surface area (Å²) in [6, 6.07) is 17.4. The average Bonchev–Trinajstić information content (AvgIpc) is 3.58. The number of nitrogens with one attached hydrogen (secondary N) is 1. The molecule has 2 aromatic rings. The van der Waals surface area contributed by atoms with Crippen LogP contribution in [0.3, 0.4) is 0 Å². The third-order valence-electron chi connectivity index (χ3n) is 7.77. The number of rotatable bonds is 8. The van der Waals surface area contributed by atoms with Gasteiger partial charge in [-0.15, -0.1) is 0 Å². The molecule has 0 aliphatic carbocycles. The Morgan fingerprint density at radius 3 is 2.29 bits per heavy atom. The first-order valence-corrected chi connectivity index (χ1v) is 13.4. The summed E-state index contributed by atoms with van der Waals surface area (Å²) in [7, 11) is 0. The normalized spacial score (nSPS) is 23.4. The molecule has 3 saturated heterocycles. The number of piperidine rings is 1. The van der Waals surface area contributed by atoms with Gasteiger partial charge in [0.15, 0.2) is 0 Å². The fraction of sp³-hybridized carbons (Fsp3) is 0.552. The Hall–Kier alpha value is -2.37. The van der Waals surface area contributed by atoms with Crippen LogP contribution in [0.2, 0.25) is 0 Å². The van der Waals surface area contributed by atoms with Gasteiger partial charge in [0.05, 0.1) is 6.61 Å². The molecule has 0 aromatic heterocycles. The van der Waals surface area contributed by atoms with Gasteiger partial charge in [-0.05, 0) is 100.0 Å². The second kappa shape index (κ2) is 11.4. The number of hydrogen-bond acceptors (Lipinski definition) is 4. The van der Waals surface area contributed by atoms with Crippen LogP contribution >= 0.6 is 0 Å². The van der Waals surface area contributed by atoms with Crippen LogP contribution in [-0.2, 0) is 0 Å². The first-order valence-electron chi connectivity index (χ1n) is 13.4. The van der Waals surface area contributed by atoms with Gasteiger partial charge in [-0.2, -0.15) is 0 Å². The van der Waals surface area contributed by atoms with Crippen LogP contribution in [0.15, 0.2) is 48.5 Å². The van der Waals surface area contributed by atoms with Gasteiger partial charge in [-0.25, -0.2) is 0 Å². The molecule has 5 rings (SSSR count). The maximum absolute atomic E-state index is 13.2. The minimum absolute atomic E-state index is 0.185. The highest BCUT2D eigenvalue weighted by molar-refractivity contribution is 5.95. The molecule has 5 nitrogen and oxygen atoms in total. The lowest BCUT2D eigenvalue weighted by Crippen LogP contribution is -2.42. The zero-order valence-corrected chi connectivity index (χ0v) is 20.4. The molecule has 3 aliphatic rings. The largest absolute Gasteiger partial charge is 0.494 e. The van der Waals surface area contributed by atoms with Crippen molar-refractivity contribution >= 4 is 5.91 Å².